The molecular formula is C13H16N2O5S. The summed E-state index contributed by atoms with van der Waals surface area (Å²) in [5.41, 5.74) is 3.65. The number of methoxy groups -OCH3 is 1. The fourth-order valence-electron chi connectivity index (χ4n) is 2.23. The molecule has 8 heteroatoms. The van der Waals surface area contributed by atoms with E-state index in [0.717, 1.165) is 10.5 Å². The van der Waals surface area contributed by atoms with Gasteiger partial charge in [0.2, 0.25) is 0 Å². The molecule has 2 rings (SSSR count). The molecule has 2 N–H and O–H groups in total. The minimum Gasteiger partial charge on any atom is -0.467 e. The van der Waals surface area contributed by atoms with Crippen LogP contribution in [0.25, 0.3) is 0 Å². The number of nitrogens with one attached hydrogen (secondary N) is 1. The number of carboxylic acid groups (broad SMARTS) is 1. The Kier molecular flexibility index (Phi) is 4.94. The van der Waals surface area contributed by atoms with Crippen molar-refractivity contribution in [3.8, 4) is 0 Å². The number of rotatable bonds is 5. The number of hydrogen-bond acceptors (Lipinski definition) is 6. The molecule has 0 radical (unpaired) electrons. The van der Waals surface area contributed by atoms with Gasteiger partial charge in [0, 0.05) is 11.4 Å². The number of amides is 1. The third kappa shape index (κ3) is 3.07. The van der Waals surface area contributed by atoms with Crippen LogP contribution in [0.2, 0.25) is 0 Å². The number of hydrogen-bond donors (Lipinski definition) is 2. The summed E-state index contributed by atoms with van der Waals surface area (Å²) in [5, 5.41) is 11.2. The lowest BCUT2D eigenvalue weighted by Crippen LogP contribution is -2.47. The van der Waals surface area contributed by atoms with Gasteiger partial charge in [-0.3, -0.25) is 9.74 Å². The van der Waals surface area contributed by atoms with E-state index in [1.54, 1.807) is 6.08 Å². The van der Waals surface area contributed by atoms with Crippen molar-refractivity contribution >= 4 is 23.4 Å². The van der Waals surface area contributed by atoms with Crippen LogP contribution < -0.4 is 5.48 Å². The van der Waals surface area contributed by atoms with Gasteiger partial charge in [-0.15, -0.1) is 17.9 Å². The van der Waals surface area contributed by atoms with Crippen molar-refractivity contribution in [1.82, 2.24) is 10.4 Å². The van der Waals surface area contributed by atoms with Crippen LogP contribution in [0.4, 0.5) is 4.79 Å². The normalized spacial score (nSPS) is 20.7. The summed E-state index contributed by atoms with van der Waals surface area (Å²) in [5.74, 6) is -0.591. The van der Waals surface area contributed by atoms with Gasteiger partial charge >= 0.3 is 12.1 Å². The lowest BCUT2D eigenvalue weighted by molar-refractivity contribution is -0.147. The van der Waals surface area contributed by atoms with Crippen LogP contribution in [-0.4, -0.2) is 42.3 Å². The Labute approximate surface area is 125 Å². The summed E-state index contributed by atoms with van der Waals surface area (Å²) in [7, 11) is 1.24. The maximum absolute atomic E-state index is 11.9. The molecule has 2 atom stereocenters. The van der Waals surface area contributed by atoms with Gasteiger partial charge in [0.05, 0.1) is 19.8 Å². The molecule has 2 heterocycles. The molecule has 1 amide bonds. The molecule has 0 spiro atoms. The first-order chi connectivity index (χ1) is 10.1. The van der Waals surface area contributed by atoms with Crippen molar-refractivity contribution in [2.24, 2.45) is 0 Å². The SMILES string of the molecule is C=CCONC1CN(C(=O)O)C(C(=O)OC)c2sccc21. The van der Waals surface area contributed by atoms with Crippen LogP contribution in [-0.2, 0) is 14.4 Å². The summed E-state index contributed by atoms with van der Waals surface area (Å²) in [6, 6.07) is 0.576. The summed E-state index contributed by atoms with van der Waals surface area (Å²) in [6.45, 7) is 3.93. The molecule has 2 unspecified atom stereocenters. The second-order valence-corrected chi connectivity index (χ2v) is 5.32. The minimum atomic E-state index is -1.18. The number of esters is 1. The summed E-state index contributed by atoms with van der Waals surface area (Å²) in [4.78, 5) is 30.3. The summed E-state index contributed by atoms with van der Waals surface area (Å²) >= 11 is 1.32. The lowest BCUT2D eigenvalue weighted by Gasteiger charge is -2.36. The Morgan fingerprint density at radius 1 is 1.67 bits per heavy atom. The molecule has 1 aromatic rings. The van der Waals surface area contributed by atoms with E-state index in [2.05, 4.69) is 12.1 Å². The van der Waals surface area contributed by atoms with E-state index in [0.29, 0.717) is 11.5 Å². The van der Waals surface area contributed by atoms with Gasteiger partial charge in [-0.2, -0.15) is 5.48 Å². The molecule has 0 aliphatic carbocycles. The second-order valence-electron chi connectivity index (χ2n) is 4.37. The average molecular weight is 312 g/mol. The topological polar surface area (TPSA) is 88.1 Å². The van der Waals surface area contributed by atoms with E-state index in [9.17, 15) is 14.7 Å². The highest BCUT2D eigenvalue weighted by molar-refractivity contribution is 7.10. The van der Waals surface area contributed by atoms with Crippen LogP contribution in [0.5, 0.6) is 0 Å². The van der Waals surface area contributed by atoms with Crippen molar-refractivity contribution in [3.63, 3.8) is 0 Å². The molecule has 1 aromatic heterocycles. The van der Waals surface area contributed by atoms with E-state index in [1.165, 1.54) is 18.4 Å². The lowest BCUT2D eigenvalue weighted by atomic mass is 9.98. The minimum absolute atomic E-state index is 0.0932. The van der Waals surface area contributed by atoms with Crippen LogP contribution >= 0.6 is 11.3 Å². The molecule has 114 valence electrons. The van der Waals surface area contributed by atoms with E-state index >= 15 is 0 Å². The van der Waals surface area contributed by atoms with Crippen molar-refractivity contribution in [2.75, 3.05) is 20.3 Å². The first kappa shape index (κ1) is 15.5. The molecule has 21 heavy (non-hydrogen) atoms. The molecule has 0 bridgehead atoms. The maximum Gasteiger partial charge on any atom is 0.408 e. The number of ether oxygens (including phenoxy) is 1. The van der Waals surface area contributed by atoms with Crippen LogP contribution in [0.15, 0.2) is 24.1 Å². The number of carbonyl (C=O) groups excluding carboxylic acids is 1. The number of fused-ring (bicyclic) bond motifs is 1. The zero-order valence-corrected chi connectivity index (χ0v) is 12.3. The molecule has 0 saturated heterocycles. The number of thiophene rings is 1. The van der Waals surface area contributed by atoms with E-state index in [-0.39, 0.29) is 12.6 Å². The van der Waals surface area contributed by atoms with Crippen molar-refractivity contribution in [1.29, 1.82) is 0 Å². The van der Waals surface area contributed by atoms with Gasteiger partial charge in [0.25, 0.3) is 0 Å². The highest BCUT2D eigenvalue weighted by Gasteiger charge is 2.41. The van der Waals surface area contributed by atoms with Crippen LogP contribution in [0.1, 0.15) is 22.5 Å². The van der Waals surface area contributed by atoms with Gasteiger partial charge in [0.15, 0.2) is 6.04 Å². The number of carbonyl (C=O) groups is 2. The van der Waals surface area contributed by atoms with Gasteiger partial charge in [-0.25, -0.2) is 9.59 Å². The van der Waals surface area contributed by atoms with Crippen molar-refractivity contribution in [3.05, 3.63) is 34.5 Å². The maximum atomic E-state index is 11.9. The Bertz CT molecular complexity index is 544. The summed E-state index contributed by atoms with van der Waals surface area (Å²) in [6.07, 6.45) is 0.399. The highest BCUT2D eigenvalue weighted by atomic mass is 32.1. The predicted octanol–water partition coefficient (Wildman–Crippen LogP) is 1.70. The fourth-order valence-corrected chi connectivity index (χ4v) is 3.29. The van der Waals surface area contributed by atoms with Gasteiger partial charge in [0.1, 0.15) is 0 Å². The van der Waals surface area contributed by atoms with E-state index in [1.807, 2.05) is 11.4 Å². The monoisotopic (exact) mass is 312 g/mol. The Morgan fingerprint density at radius 3 is 3.05 bits per heavy atom. The zero-order valence-electron chi connectivity index (χ0n) is 11.4. The quantitative estimate of drug-likeness (QED) is 0.372. The Morgan fingerprint density at radius 2 is 2.43 bits per heavy atom. The van der Waals surface area contributed by atoms with Gasteiger partial charge in [-0.1, -0.05) is 6.08 Å². The molecule has 7 nitrogen and oxygen atoms in total. The van der Waals surface area contributed by atoms with Crippen molar-refractivity contribution < 1.29 is 24.3 Å². The highest BCUT2D eigenvalue weighted by Crippen LogP contribution is 2.39. The molecule has 1 aliphatic rings. The average Bonchev–Trinajstić information content (AvgIpc) is 2.95. The third-order valence-electron chi connectivity index (χ3n) is 3.14. The summed E-state index contributed by atoms with van der Waals surface area (Å²) < 4.78 is 4.73. The van der Waals surface area contributed by atoms with E-state index in [4.69, 9.17) is 9.57 Å². The number of hydroxylamine groups is 1. The Hall–Kier alpha value is -1.90. The third-order valence-corrected chi connectivity index (χ3v) is 4.12. The molecule has 0 fully saturated rings. The molecule has 1 aliphatic heterocycles. The standard InChI is InChI=1S/C13H16N2O5S/c1-3-5-20-14-9-7-15(13(17)18)10(12(16)19-2)11-8(9)4-6-21-11/h3-4,6,9-10,14H,1,5,7H2,2H3,(H,17,18). The first-order valence-corrected chi connectivity index (χ1v) is 7.11. The van der Waals surface area contributed by atoms with Gasteiger partial charge < -0.3 is 9.84 Å². The zero-order chi connectivity index (χ0) is 15.4. The van der Waals surface area contributed by atoms with E-state index < -0.39 is 18.1 Å². The van der Waals surface area contributed by atoms with Crippen LogP contribution in [0, 0.1) is 0 Å². The largest absolute Gasteiger partial charge is 0.467 e. The van der Waals surface area contributed by atoms with Crippen molar-refractivity contribution in [2.45, 2.75) is 12.1 Å². The smallest absolute Gasteiger partial charge is 0.408 e. The van der Waals surface area contributed by atoms with Crippen LogP contribution in [0.3, 0.4) is 0 Å². The molecule has 0 aromatic carbocycles. The number of nitrogens with zero attached hydrogens (tertiary/aromatic N) is 1. The second kappa shape index (κ2) is 6.70. The molecular weight excluding hydrogens is 296 g/mol. The van der Waals surface area contributed by atoms with Gasteiger partial charge in [-0.05, 0) is 17.0 Å². The fraction of sp³-hybridized carbons (Fsp3) is 0.385. The molecule has 0 saturated carbocycles. The first-order valence-electron chi connectivity index (χ1n) is 6.23. The predicted molar refractivity (Wildman–Crippen MR) is 75.8 cm³/mol. The Balaban J connectivity index is 2.31.